The highest BCUT2D eigenvalue weighted by Crippen LogP contribution is 2.44. The Bertz CT molecular complexity index is 898. The van der Waals surface area contributed by atoms with Crippen molar-refractivity contribution in [2.24, 2.45) is 0 Å². The van der Waals surface area contributed by atoms with Gasteiger partial charge in [-0.25, -0.2) is 4.79 Å². The van der Waals surface area contributed by atoms with Gasteiger partial charge >= 0.3 is 6.09 Å². The molecule has 27 heavy (non-hydrogen) atoms. The Hall–Kier alpha value is -3.18. The maximum absolute atomic E-state index is 12.1. The molecule has 1 aliphatic carbocycles. The molecule has 1 atom stereocenters. The highest BCUT2D eigenvalue weighted by molar-refractivity contribution is 5.79. The first-order valence-electron chi connectivity index (χ1n) is 8.92. The van der Waals surface area contributed by atoms with Gasteiger partial charge in [0.1, 0.15) is 12.7 Å². The van der Waals surface area contributed by atoms with E-state index in [9.17, 15) is 9.90 Å². The van der Waals surface area contributed by atoms with Crippen LogP contribution in [0.2, 0.25) is 0 Å². The Kier molecular flexibility index (Phi) is 4.85. The summed E-state index contributed by atoms with van der Waals surface area (Å²) in [6.07, 6.45) is 0.185. The summed E-state index contributed by atoms with van der Waals surface area (Å²) in [6, 6.07) is 21.7. The third-order valence-electron chi connectivity index (χ3n) is 4.81. The number of alkyl carbamates (subject to hydrolysis) is 1. The lowest BCUT2D eigenvalue weighted by Crippen LogP contribution is -2.30. The summed E-state index contributed by atoms with van der Waals surface area (Å²) in [5, 5.41) is 12.7. The van der Waals surface area contributed by atoms with Crippen LogP contribution in [0.1, 0.15) is 28.8 Å². The molecule has 0 fully saturated rings. The van der Waals surface area contributed by atoms with E-state index in [-0.39, 0.29) is 19.1 Å². The maximum atomic E-state index is 12.1. The first kappa shape index (κ1) is 17.2. The van der Waals surface area contributed by atoms with E-state index in [1.54, 1.807) is 24.4 Å². The second-order valence-corrected chi connectivity index (χ2v) is 6.48. The predicted molar refractivity (Wildman–Crippen MR) is 102 cm³/mol. The number of nitrogens with one attached hydrogen (secondary N) is 1. The van der Waals surface area contributed by atoms with E-state index in [1.807, 2.05) is 24.3 Å². The maximum Gasteiger partial charge on any atom is 0.407 e. The topological polar surface area (TPSA) is 71.5 Å². The SMILES string of the molecule is O=C(NCC(O)c1ccccn1)OCC1c2ccccc2-c2ccccc21. The fourth-order valence-corrected chi connectivity index (χ4v) is 3.51. The number of aromatic nitrogens is 1. The number of fused-ring (bicyclic) bond motifs is 3. The quantitative estimate of drug-likeness (QED) is 0.728. The van der Waals surface area contributed by atoms with Crippen LogP contribution in [-0.2, 0) is 4.74 Å². The molecule has 0 radical (unpaired) electrons. The molecule has 5 nitrogen and oxygen atoms in total. The third kappa shape index (κ3) is 3.55. The van der Waals surface area contributed by atoms with E-state index in [1.165, 1.54) is 22.3 Å². The number of benzene rings is 2. The van der Waals surface area contributed by atoms with E-state index in [0.717, 1.165) is 0 Å². The van der Waals surface area contributed by atoms with Crippen LogP contribution >= 0.6 is 0 Å². The highest BCUT2D eigenvalue weighted by Gasteiger charge is 2.29. The fourth-order valence-electron chi connectivity index (χ4n) is 3.51. The number of aliphatic hydroxyl groups excluding tert-OH is 1. The molecule has 1 unspecified atom stereocenters. The molecule has 2 aromatic carbocycles. The smallest absolute Gasteiger partial charge is 0.407 e. The van der Waals surface area contributed by atoms with Crippen LogP contribution in [0.4, 0.5) is 4.79 Å². The van der Waals surface area contributed by atoms with Crippen molar-refractivity contribution in [2.75, 3.05) is 13.2 Å². The van der Waals surface area contributed by atoms with Crippen molar-refractivity contribution in [2.45, 2.75) is 12.0 Å². The minimum absolute atomic E-state index is 0.0175. The van der Waals surface area contributed by atoms with Crippen molar-refractivity contribution in [3.63, 3.8) is 0 Å². The van der Waals surface area contributed by atoms with Gasteiger partial charge in [0.2, 0.25) is 0 Å². The van der Waals surface area contributed by atoms with Gasteiger partial charge in [-0.15, -0.1) is 0 Å². The van der Waals surface area contributed by atoms with Crippen molar-refractivity contribution >= 4 is 6.09 Å². The first-order chi connectivity index (χ1) is 13.2. The average molecular weight is 360 g/mol. The summed E-state index contributed by atoms with van der Waals surface area (Å²) in [4.78, 5) is 16.2. The normalized spacial score (nSPS) is 13.5. The van der Waals surface area contributed by atoms with Crippen LogP contribution in [-0.4, -0.2) is 29.3 Å². The summed E-state index contributed by atoms with van der Waals surface area (Å²) in [5.74, 6) is 0.0175. The van der Waals surface area contributed by atoms with E-state index in [0.29, 0.717) is 5.69 Å². The number of amides is 1. The zero-order chi connectivity index (χ0) is 18.6. The van der Waals surface area contributed by atoms with Gasteiger partial charge in [0.15, 0.2) is 0 Å². The molecule has 1 aromatic heterocycles. The van der Waals surface area contributed by atoms with Crippen molar-refractivity contribution in [1.82, 2.24) is 10.3 Å². The summed E-state index contributed by atoms with van der Waals surface area (Å²) >= 11 is 0. The molecule has 1 aliphatic rings. The molecule has 2 N–H and O–H groups in total. The van der Waals surface area contributed by atoms with Gasteiger partial charge in [-0.2, -0.15) is 0 Å². The molecular weight excluding hydrogens is 340 g/mol. The van der Waals surface area contributed by atoms with Crippen LogP contribution in [0.5, 0.6) is 0 Å². The van der Waals surface area contributed by atoms with Crippen LogP contribution in [0.3, 0.4) is 0 Å². The number of carbonyl (C=O) groups excluding carboxylic acids is 1. The van der Waals surface area contributed by atoms with E-state index in [2.05, 4.69) is 34.6 Å². The van der Waals surface area contributed by atoms with Crippen molar-refractivity contribution in [3.05, 3.63) is 89.7 Å². The number of rotatable bonds is 5. The lowest BCUT2D eigenvalue weighted by atomic mass is 9.98. The zero-order valence-electron chi connectivity index (χ0n) is 14.7. The number of hydrogen-bond donors (Lipinski definition) is 2. The third-order valence-corrected chi connectivity index (χ3v) is 4.81. The summed E-state index contributed by atoms with van der Waals surface area (Å²) in [7, 11) is 0. The summed E-state index contributed by atoms with van der Waals surface area (Å²) < 4.78 is 5.44. The molecule has 0 spiro atoms. The monoisotopic (exact) mass is 360 g/mol. The van der Waals surface area contributed by atoms with E-state index in [4.69, 9.17) is 4.74 Å². The Morgan fingerprint density at radius 1 is 1.00 bits per heavy atom. The van der Waals surface area contributed by atoms with Gasteiger partial charge < -0.3 is 15.2 Å². The Labute approximate surface area is 157 Å². The molecule has 0 aliphatic heterocycles. The largest absolute Gasteiger partial charge is 0.449 e. The van der Waals surface area contributed by atoms with Crippen molar-refractivity contribution in [1.29, 1.82) is 0 Å². The average Bonchev–Trinajstić information content (AvgIpc) is 3.05. The number of pyridine rings is 1. The first-order valence-corrected chi connectivity index (χ1v) is 8.92. The van der Waals surface area contributed by atoms with Gasteiger partial charge in [-0.05, 0) is 34.4 Å². The van der Waals surface area contributed by atoms with E-state index < -0.39 is 12.2 Å². The van der Waals surface area contributed by atoms with Gasteiger partial charge in [0.05, 0.1) is 12.2 Å². The number of nitrogens with zero attached hydrogens (tertiary/aromatic N) is 1. The predicted octanol–water partition coefficient (Wildman–Crippen LogP) is 3.65. The van der Waals surface area contributed by atoms with Crippen molar-refractivity contribution in [3.8, 4) is 11.1 Å². The molecule has 0 saturated carbocycles. The van der Waals surface area contributed by atoms with Crippen LogP contribution < -0.4 is 5.32 Å². The van der Waals surface area contributed by atoms with Gasteiger partial charge in [-0.3, -0.25) is 4.98 Å². The Morgan fingerprint density at radius 3 is 2.26 bits per heavy atom. The van der Waals surface area contributed by atoms with E-state index >= 15 is 0 Å². The van der Waals surface area contributed by atoms with Crippen molar-refractivity contribution < 1.29 is 14.6 Å². The fraction of sp³-hybridized carbons (Fsp3) is 0.182. The van der Waals surface area contributed by atoms with Crippen LogP contribution in [0.15, 0.2) is 72.9 Å². The molecule has 0 saturated heterocycles. The number of hydrogen-bond acceptors (Lipinski definition) is 4. The van der Waals surface area contributed by atoms with Gasteiger partial charge in [0, 0.05) is 12.1 Å². The second-order valence-electron chi connectivity index (χ2n) is 6.48. The molecule has 3 aromatic rings. The minimum Gasteiger partial charge on any atom is -0.449 e. The number of carbonyl (C=O) groups is 1. The van der Waals surface area contributed by atoms with Crippen LogP contribution in [0, 0.1) is 0 Å². The lowest BCUT2D eigenvalue weighted by molar-refractivity contribution is 0.127. The summed E-state index contributed by atoms with van der Waals surface area (Å²) in [5.41, 5.74) is 5.22. The van der Waals surface area contributed by atoms with Gasteiger partial charge in [0.25, 0.3) is 0 Å². The molecule has 136 valence electrons. The standard InChI is InChI=1S/C22H20N2O3/c25-21(20-11-5-6-12-23-20)13-24-22(26)27-14-19-17-9-3-1-7-15(17)16-8-2-4-10-18(16)19/h1-12,19,21,25H,13-14H2,(H,24,26). The van der Waals surface area contributed by atoms with Gasteiger partial charge in [-0.1, -0.05) is 54.6 Å². The molecule has 1 heterocycles. The molecular formula is C22H20N2O3. The highest BCUT2D eigenvalue weighted by atomic mass is 16.5. The number of ether oxygens (including phenoxy) is 1. The molecule has 1 amide bonds. The number of aliphatic hydroxyl groups is 1. The van der Waals surface area contributed by atoms with Crippen LogP contribution in [0.25, 0.3) is 11.1 Å². The lowest BCUT2D eigenvalue weighted by Gasteiger charge is -2.15. The zero-order valence-corrected chi connectivity index (χ0v) is 14.7. The molecule has 4 rings (SSSR count). The molecule has 0 bridgehead atoms. The minimum atomic E-state index is -0.869. The Morgan fingerprint density at radius 2 is 1.63 bits per heavy atom. The summed E-state index contributed by atoms with van der Waals surface area (Å²) in [6.45, 7) is 0.299. The molecule has 5 heteroatoms. The second kappa shape index (κ2) is 7.60. The Balaban J connectivity index is 1.38.